The van der Waals surface area contributed by atoms with Crippen LogP contribution in [-0.4, -0.2) is 45.0 Å². The predicted octanol–water partition coefficient (Wildman–Crippen LogP) is 2.79. The topological polar surface area (TPSA) is 108 Å². The maximum absolute atomic E-state index is 12.7. The van der Waals surface area contributed by atoms with Crippen molar-refractivity contribution in [1.82, 2.24) is 5.32 Å². The summed E-state index contributed by atoms with van der Waals surface area (Å²) in [5.41, 5.74) is -0.0269. The van der Waals surface area contributed by atoms with Crippen molar-refractivity contribution >= 4 is 22.2 Å². The number of nitrogens with one attached hydrogen (secondary N) is 1. The van der Waals surface area contributed by atoms with Crippen molar-refractivity contribution in [2.75, 3.05) is 12.9 Å². The zero-order valence-corrected chi connectivity index (χ0v) is 18.0. The van der Waals surface area contributed by atoms with Crippen molar-refractivity contribution in [3.63, 3.8) is 0 Å². The Hall–Kier alpha value is -2.39. The second-order valence-corrected chi connectivity index (χ2v) is 9.13. The van der Waals surface area contributed by atoms with Crippen LogP contribution in [0.5, 0.6) is 0 Å². The van der Waals surface area contributed by atoms with Gasteiger partial charge in [-0.2, -0.15) is 8.42 Å². The maximum Gasteiger partial charge on any atom is 0.408 e. The van der Waals surface area contributed by atoms with Crippen LogP contribution in [0.2, 0.25) is 0 Å². The van der Waals surface area contributed by atoms with Gasteiger partial charge in [-0.1, -0.05) is 36.4 Å². The highest BCUT2D eigenvalue weighted by atomic mass is 32.2. The van der Waals surface area contributed by atoms with Crippen LogP contribution in [0, 0.1) is 5.92 Å². The average molecular weight is 428 g/mol. The fourth-order valence-electron chi connectivity index (χ4n) is 2.35. The second-order valence-electron chi connectivity index (χ2n) is 7.49. The van der Waals surface area contributed by atoms with E-state index >= 15 is 0 Å². The first-order valence-corrected chi connectivity index (χ1v) is 10.9. The highest BCUT2D eigenvalue weighted by Crippen LogP contribution is 2.17. The first-order chi connectivity index (χ1) is 13.4. The summed E-state index contributed by atoms with van der Waals surface area (Å²) in [5, 5.41) is 2.47. The Morgan fingerprint density at radius 1 is 1.21 bits per heavy atom. The Labute approximate surface area is 172 Å². The largest absolute Gasteiger partial charge is 0.458 e. The van der Waals surface area contributed by atoms with E-state index in [1.807, 2.05) is 18.2 Å². The van der Waals surface area contributed by atoms with Crippen molar-refractivity contribution in [3.8, 4) is 0 Å². The number of ether oxygens (including phenoxy) is 2. The number of amides is 1. The van der Waals surface area contributed by atoms with Gasteiger partial charge >= 0.3 is 12.1 Å². The van der Waals surface area contributed by atoms with E-state index in [0.29, 0.717) is 0 Å². The molecule has 0 aromatic heterocycles. The van der Waals surface area contributed by atoms with Crippen LogP contribution in [0.3, 0.4) is 0 Å². The first kappa shape index (κ1) is 24.6. The Bertz CT molecular complexity index is 785. The summed E-state index contributed by atoms with van der Waals surface area (Å²) in [6.45, 7) is 8.36. The Morgan fingerprint density at radius 3 is 2.34 bits per heavy atom. The lowest BCUT2D eigenvalue weighted by atomic mass is 9.96. The molecule has 2 atom stereocenters. The van der Waals surface area contributed by atoms with Gasteiger partial charge in [0.25, 0.3) is 10.1 Å². The standard InChI is InChI=1S/C20H29NO7S/c1-6-10-16(14-27-29(5,24)25)17(18(22)28-20(2,3)4)21-19(23)26-13-15-11-8-7-9-12-15/h6-9,11-12,16-17H,1,10,13-14H2,2-5H3,(H,21,23)/t16-,17-/m0/s1. The molecule has 0 unspecified atom stereocenters. The normalized spacial score (nSPS) is 13.8. The highest BCUT2D eigenvalue weighted by molar-refractivity contribution is 7.85. The summed E-state index contributed by atoms with van der Waals surface area (Å²) < 4.78 is 38.1. The number of rotatable bonds is 10. The molecule has 0 radical (unpaired) electrons. The number of carbonyl (C=O) groups is 2. The number of hydrogen-bond acceptors (Lipinski definition) is 7. The molecule has 1 amide bonds. The van der Waals surface area contributed by atoms with Gasteiger partial charge < -0.3 is 14.8 Å². The number of allylic oxidation sites excluding steroid dienone is 1. The molecule has 0 heterocycles. The SMILES string of the molecule is C=CC[C@@H](COS(C)(=O)=O)[C@H](NC(=O)OCc1ccccc1)C(=O)OC(C)(C)C. The lowest BCUT2D eigenvalue weighted by molar-refractivity contribution is -0.159. The molecule has 0 fully saturated rings. The van der Waals surface area contributed by atoms with Gasteiger partial charge in [-0.3, -0.25) is 4.18 Å². The van der Waals surface area contributed by atoms with Crippen molar-refractivity contribution < 1.29 is 31.7 Å². The molecule has 0 aliphatic heterocycles. The molecule has 29 heavy (non-hydrogen) atoms. The zero-order valence-electron chi connectivity index (χ0n) is 17.2. The molecular formula is C20H29NO7S. The van der Waals surface area contributed by atoms with Gasteiger partial charge in [0, 0.05) is 5.92 Å². The Kier molecular flexibility index (Phi) is 9.32. The van der Waals surface area contributed by atoms with Crippen LogP contribution in [0.4, 0.5) is 4.79 Å². The van der Waals surface area contributed by atoms with Crippen LogP contribution in [-0.2, 0) is 35.2 Å². The smallest absolute Gasteiger partial charge is 0.408 e. The Morgan fingerprint density at radius 2 is 1.83 bits per heavy atom. The molecule has 0 saturated carbocycles. The third kappa shape index (κ3) is 10.7. The molecule has 0 bridgehead atoms. The molecule has 9 heteroatoms. The summed E-state index contributed by atoms with van der Waals surface area (Å²) in [7, 11) is -3.74. The second kappa shape index (κ2) is 11.0. The fourth-order valence-corrected chi connectivity index (χ4v) is 2.77. The van der Waals surface area contributed by atoms with Crippen LogP contribution < -0.4 is 5.32 Å². The molecule has 1 rings (SSSR count). The number of carbonyl (C=O) groups excluding carboxylic acids is 2. The van der Waals surface area contributed by atoms with Gasteiger partial charge in [0.1, 0.15) is 18.2 Å². The minimum Gasteiger partial charge on any atom is -0.458 e. The van der Waals surface area contributed by atoms with Gasteiger partial charge in [0.15, 0.2) is 0 Å². The van der Waals surface area contributed by atoms with E-state index in [1.54, 1.807) is 32.9 Å². The van der Waals surface area contributed by atoms with Crippen LogP contribution in [0.25, 0.3) is 0 Å². The summed E-state index contributed by atoms with van der Waals surface area (Å²) in [6, 6.07) is 7.85. The summed E-state index contributed by atoms with van der Waals surface area (Å²) >= 11 is 0. The summed E-state index contributed by atoms with van der Waals surface area (Å²) in [5.74, 6) is -1.44. The number of benzene rings is 1. The van der Waals surface area contributed by atoms with E-state index in [0.717, 1.165) is 11.8 Å². The molecule has 8 nitrogen and oxygen atoms in total. The number of alkyl carbamates (subject to hydrolysis) is 1. The third-order valence-electron chi connectivity index (χ3n) is 3.58. The van der Waals surface area contributed by atoms with Crippen LogP contribution >= 0.6 is 0 Å². The monoisotopic (exact) mass is 427 g/mol. The van der Waals surface area contributed by atoms with Crippen molar-refractivity contribution in [1.29, 1.82) is 0 Å². The quantitative estimate of drug-likeness (QED) is 0.347. The Balaban J connectivity index is 2.93. The van der Waals surface area contributed by atoms with Gasteiger partial charge in [-0.15, -0.1) is 6.58 Å². The molecule has 0 spiro atoms. The van der Waals surface area contributed by atoms with Gasteiger partial charge in [0.05, 0.1) is 12.9 Å². The average Bonchev–Trinajstić information content (AvgIpc) is 2.60. The van der Waals surface area contributed by atoms with E-state index in [2.05, 4.69) is 11.9 Å². The van der Waals surface area contributed by atoms with Crippen molar-refractivity contribution in [3.05, 3.63) is 48.6 Å². The van der Waals surface area contributed by atoms with Gasteiger partial charge in [-0.05, 0) is 32.8 Å². The zero-order chi connectivity index (χ0) is 22.1. The van der Waals surface area contributed by atoms with E-state index < -0.39 is 39.7 Å². The van der Waals surface area contributed by atoms with Crippen molar-refractivity contribution in [2.24, 2.45) is 5.92 Å². The molecule has 162 valence electrons. The maximum atomic E-state index is 12.7. The van der Waals surface area contributed by atoms with Crippen LogP contribution in [0.15, 0.2) is 43.0 Å². The lowest BCUT2D eigenvalue weighted by Crippen LogP contribution is -2.50. The first-order valence-electron chi connectivity index (χ1n) is 9.06. The fraction of sp³-hybridized carbons (Fsp3) is 0.500. The minimum atomic E-state index is -3.74. The minimum absolute atomic E-state index is 0.0136. The van der Waals surface area contributed by atoms with E-state index in [4.69, 9.17) is 13.7 Å². The molecule has 1 aromatic rings. The molecule has 0 aliphatic rings. The third-order valence-corrected chi connectivity index (χ3v) is 4.15. The predicted molar refractivity (Wildman–Crippen MR) is 108 cm³/mol. The molecule has 0 aliphatic carbocycles. The van der Waals surface area contributed by atoms with Gasteiger partial charge in [-0.25, -0.2) is 9.59 Å². The molecular weight excluding hydrogens is 398 g/mol. The van der Waals surface area contributed by atoms with E-state index in [-0.39, 0.29) is 19.6 Å². The highest BCUT2D eigenvalue weighted by Gasteiger charge is 2.34. The molecule has 0 saturated heterocycles. The van der Waals surface area contributed by atoms with Crippen LogP contribution in [0.1, 0.15) is 32.8 Å². The number of hydrogen-bond donors (Lipinski definition) is 1. The summed E-state index contributed by atoms with van der Waals surface area (Å²) in [4.78, 5) is 25.0. The molecule has 1 N–H and O–H groups in total. The van der Waals surface area contributed by atoms with Crippen molar-refractivity contribution in [2.45, 2.75) is 45.4 Å². The van der Waals surface area contributed by atoms with Gasteiger partial charge in [0.2, 0.25) is 0 Å². The van der Waals surface area contributed by atoms with E-state index in [9.17, 15) is 18.0 Å². The lowest BCUT2D eigenvalue weighted by Gasteiger charge is -2.28. The molecule has 1 aromatic carbocycles. The summed E-state index contributed by atoms with van der Waals surface area (Å²) in [6.07, 6.45) is 1.78. The number of esters is 1. The van der Waals surface area contributed by atoms with E-state index in [1.165, 1.54) is 6.08 Å².